The largest absolute Gasteiger partial charge is 0.361 e. The lowest BCUT2D eigenvalue weighted by Crippen LogP contribution is -2.34. The molecule has 3 heterocycles. The highest BCUT2D eigenvalue weighted by Gasteiger charge is 2.25. The van der Waals surface area contributed by atoms with Gasteiger partial charge in [0.15, 0.2) is 0 Å². The highest BCUT2D eigenvalue weighted by Crippen LogP contribution is 2.30. The summed E-state index contributed by atoms with van der Waals surface area (Å²) < 4.78 is 5.26. The van der Waals surface area contributed by atoms with Gasteiger partial charge in [0.2, 0.25) is 0 Å². The Balaban J connectivity index is 1.70. The summed E-state index contributed by atoms with van der Waals surface area (Å²) in [6, 6.07) is 0.215. The quantitative estimate of drug-likeness (QED) is 0.900. The second kappa shape index (κ2) is 7.07. The number of nitrogens with one attached hydrogen (secondary N) is 1. The highest BCUT2D eigenvalue weighted by atomic mass is 32.1. The zero-order valence-corrected chi connectivity index (χ0v) is 15.6. The van der Waals surface area contributed by atoms with Crippen LogP contribution in [0.4, 0.5) is 0 Å². The highest BCUT2D eigenvalue weighted by molar-refractivity contribution is 7.10. The third-order valence-corrected chi connectivity index (χ3v) is 5.84. The molecule has 5 nitrogen and oxygen atoms in total. The molecule has 1 unspecified atom stereocenters. The molecule has 1 aliphatic rings. The Kier molecular flexibility index (Phi) is 5.06. The van der Waals surface area contributed by atoms with Crippen molar-refractivity contribution in [3.8, 4) is 0 Å². The molecular weight excluding hydrogens is 322 g/mol. The molecule has 0 bridgehead atoms. The standard InChI is InChI=1S/C18H25N3O2S/c1-5-11(2)19-18(22)16-10-24-17-9-21(7-6-14(16)17)8-15-12(3)20-23-13(15)4/h10-11H,5-9H2,1-4H3,(H,19,22). The summed E-state index contributed by atoms with van der Waals surface area (Å²) in [7, 11) is 0. The monoisotopic (exact) mass is 347 g/mol. The number of fused-ring (bicyclic) bond motifs is 1. The molecule has 24 heavy (non-hydrogen) atoms. The molecule has 3 rings (SSSR count). The Morgan fingerprint density at radius 2 is 2.29 bits per heavy atom. The summed E-state index contributed by atoms with van der Waals surface area (Å²) in [5.41, 5.74) is 4.26. The summed E-state index contributed by atoms with van der Waals surface area (Å²) in [5, 5.41) is 9.13. The van der Waals surface area contributed by atoms with Gasteiger partial charge in [0.1, 0.15) is 5.76 Å². The van der Waals surface area contributed by atoms with Crippen LogP contribution in [0.1, 0.15) is 58.1 Å². The normalized spacial score (nSPS) is 16.0. The van der Waals surface area contributed by atoms with Gasteiger partial charge in [-0.1, -0.05) is 12.1 Å². The van der Waals surface area contributed by atoms with E-state index in [0.717, 1.165) is 49.5 Å². The second-order valence-electron chi connectivity index (χ2n) is 6.60. The van der Waals surface area contributed by atoms with Gasteiger partial charge in [-0.05, 0) is 39.2 Å². The van der Waals surface area contributed by atoms with Crippen LogP contribution in [0.3, 0.4) is 0 Å². The zero-order chi connectivity index (χ0) is 17.3. The van der Waals surface area contributed by atoms with E-state index in [0.29, 0.717) is 0 Å². The molecule has 0 radical (unpaired) electrons. The molecule has 6 heteroatoms. The van der Waals surface area contributed by atoms with E-state index >= 15 is 0 Å². The molecule has 130 valence electrons. The lowest BCUT2D eigenvalue weighted by atomic mass is 10.0. The Labute approximate surface area is 147 Å². The minimum Gasteiger partial charge on any atom is -0.361 e. The number of amides is 1. The van der Waals surface area contributed by atoms with Crippen LogP contribution in [-0.4, -0.2) is 28.6 Å². The zero-order valence-electron chi connectivity index (χ0n) is 14.8. The van der Waals surface area contributed by atoms with Crippen LogP contribution in [0.15, 0.2) is 9.90 Å². The van der Waals surface area contributed by atoms with Crippen molar-refractivity contribution >= 4 is 17.2 Å². The molecular formula is C18H25N3O2S. The first kappa shape index (κ1) is 17.2. The number of hydrogen-bond donors (Lipinski definition) is 1. The van der Waals surface area contributed by atoms with Gasteiger partial charge in [0, 0.05) is 41.5 Å². The average Bonchev–Trinajstić information content (AvgIpc) is 3.12. The molecule has 0 saturated heterocycles. The Bertz CT molecular complexity index is 715. The van der Waals surface area contributed by atoms with Gasteiger partial charge in [-0.3, -0.25) is 9.69 Å². The van der Waals surface area contributed by atoms with Gasteiger partial charge in [0.05, 0.1) is 11.3 Å². The number of nitrogens with zero attached hydrogens (tertiary/aromatic N) is 2. The minimum atomic E-state index is 0.0704. The summed E-state index contributed by atoms with van der Waals surface area (Å²) in [6.45, 7) is 10.8. The van der Waals surface area contributed by atoms with Crippen molar-refractivity contribution < 1.29 is 9.32 Å². The molecule has 1 N–H and O–H groups in total. The SMILES string of the molecule is CCC(C)NC(=O)c1csc2c1CCN(Cc1c(C)noc1C)C2. The Morgan fingerprint density at radius 3 is 2.96 bits per heavy atom. The predicted octanol–water partition coefficient (Wildman–Crippen LogP) is 3.44. The maximum Gasteiger partial charge on any atom is 0.252 e. The molecule has 0 aliphatic carbocycles. The van der Waals surface area contributed by atoms with Crippen LogP contribution in [0.2, 0.25) is 0 Å². The van der Waals surface area contributed by atoms with E-state index in [2.05, 4.69) is 22.3 Å². The van der Waals surface area contributed by atoms with E-state index in [1.807, 2.05) is 26.2 Å². The molecule has 1 amide bonds. The number of hydrogen-bond acceptors (Lipinski definition) is 5. The first-order valence-corrected chi connectivity index (χ1v) is 9.41. The van der Waals surface area contributed by atoms with Crippen LogP contribution < -0.4 is 5.32 Å². The third-order valence-electron chi connectivity index (χ3n) is 4.82. The fourth-order valence-electron chi connectivity index (χ4n) is 3.06. The van der Waals surface area contributed by atoms with E-state index in [-0.39, 0.29) is 11.9 Å². The third kappa shape index (κ3) is 3.39. The van der Waals surface area contributed by atoms with Gasteiger partial charge in [-0.25, -0.2) is 0 Å². The van der Waals surface area contributed by atoms with E-state index in [1.54, 1.807) is 11.3 Å². The number of aromatic nitrogens is 1. The molecule has 2 aromatic rings. The van der Waals surface area contributed by atoms with E-state index in [9.17, 15) is 4.79 Å². The van der Waals surface area contributed by atoms with Crippen LogP contribution in [-0.2, 0) is 19.5 Å². The van der Waals surface area contributed by atoms with Crippen molar-refractivity contribution in [2.45, 2.75) is 59.7 Å². The first-order chi connectivity index (χ1) is 11.5. The van der Waals surface area contributed by atoms with Crippen LogP contribution >= 0.6 is 11.3 Å². The summed E-state index contributed by atoms with van der Waals surface area (Å²) in [4.78, 5) is 16.1. The average molecular weight is 347 g/mol. The van der Waals surface area contributed by atoms with E-state index < -0.39 is 0 Å². The fourth-order valence-corrected chi connectivity index (χ4v) is 4.18. The molecule has 0 fully saturated rings. The molecule has 0 spiro atoms. The minimum absolute atomic E-state index is 0.0704. The maximum atomic E-state index is 12.4. The van der Waals surface area contributed by atoms with E-state index in [4.69, 9.17) is 4.52 Å². The van der Waals surface area contributed by atoms with Crippen LogP contribution in [0, 0.1) is 13.8 Å². The number of thiophene rings is 1. The van der Waals surface area contributed by atoms with Crippen molar-refractivity contribution in [1.29, 1.82) is 0 Å². The number of rotatable bonds is 5. The summed E-state index contributed by atoms with van der Waals surface area (Å²) in [6.07, 6.45) is 1.87. The predicted molar refractivity (Wildman–Crippen MR) is 95.3 cm³/mol. The lowest BCUT2D eigenvalue weighted by Gasteiger charge is -2.27. The van der Waals surface area contributed by atoms with Gasteiger partial charge in [-0.2, -0.15) is 0 Å². The molecule has 1 aliphatic heterocycles. The van der Waals surface area contributed by atoms with Crippen molar-refractivity contribution in [3.05, 3.63) is 38.4 Å². The summed E-state index contributed by atoms with van der Waals surface area (Å²) >= 11 is 1.70. The van der Waals surface area contributed by atoms with Gasteiger partial charge < -0.3 is 9.84 Å². The van der Waals surface area contributed by atoms with Crippen molar-refractivity contribution in [2.75, 3.05) is 6.54 Å². The molecule has 1 atom stereocenters. The number of carbonyl (C=O) groups excluding carboxylic acids is 1. The lowest BCUT2D eigenvalue weighted by molar-refractivity contribution is 0.0938. The van der Waals surface area contributed by atoms with Gasteiger partial charge >= 0.3 is 0 Å². The number of aryl methyl sites for hydroxylation is 2. The molecule has 0 aromatic carbocycles. The van der Waals surface area contributed by atoms with Crippen molar-refractivity contribution in [2.24, 2.45) is 0 Å². The van der Waals surface area contributed by atoms with Gasteiger partial charge in [-0.15, -0.1) is 11.3 Å². The summed E-state index contributed by atoms with van der Waals surface area (Å²) in [5.74, 6) is 0.971. The number of carbonyl (C=O) groups is 1. The van der Waals surface area contributed by atoms with Crippen LogP contribution in [0.5, 0.6) is 0 Å². The fraction of sp³-hybridized carbons (Fsp3) is 0.556. The smallest absolute Gasteiger partial charge is 0.252 e. The second-order valence-corrected chi connectivity index (χ2v) is 7.56. The molecule has 2 aromatic heterocycles. The van der Waals surface area contributed by atoms with E-state index in [1.165, 1.54) is 16.0 Å². The van der Waals surface area contributed by atoms with Crippen molar-refractivity contribution in [1.82, 2.24) is 15.4 Å². The first-order valence-electron chi connectivity index (χ1n) is 8.53. The Morgan fingerprint density at radius 1 is 1.50 bits per heavy atom. The molecule has 0 saturated carbocycles. The van der Waals surface area contributed by atoms with Crippen LogP contribution in [0.25, 0.3) is 0 Å². The topological polar surface area (TPSA) is 58.4 Å². The Hall–Kier alpha value is -1.66. The van der Waals surface area contributed by atoms with Crippen molar-refractivity contribution in [3.63, 3.8) is 0 Å². The van der Waals surface area contributed by atoms with Gasteiger partial charge in [0.25, 0.3) is 5.91 Å². The maximum absolute atomic E-state index is 12.4.